The van der Waals surface area contributed by atoms with Gasteiger partial charge in [0, 0.05) is 44.3 Å². The van der Waals surface area contributed by atoms with E-state index in [1.807, 2.05) is 24.3 Å². The van der Waals surface area contributed by atoms with Crippen molar-refractivity contribution >= 4 is 35.8 Å². The molecular formula is C26H35IN4O2. The summed E-state index contributed by atoms with van der Waals surface area (Å²) < 4.78 is 5.58. The van der Waals surface area contributed by atoms with Crippen molar-refractivity contribution in [2.24, 2.45) is 4.99 Å². The predicted molar refractivity (Wildman–Crippen MR) is 143 cm³/mol. The van der Waals surface area contributed by atoms with Crippen LogP contribution in [0.3, 0.4) is 0 Å². The van der Waals surface area contributed by atoms with Crippen LogP contribution in [0.1, 0.15) is 53.6 Å². The van der Waals surface area contributed by atoms with Gasteiger partial charge in [0.25, 0.3) is 5.91 Å². The van der Waals surface area contributed by atoms with Crippen LogP contribution in [0.2, 0.25) is 0 Å². The number of amides is 1. The van der Waals surface area contributed by atoms with Gasteiger partial charge in [-0.2, -0.15) is 0 Å². The number of nitrogens with one attached hydrogen (secondary N) is 3. The van der Waals surface area contributed by atoms with Crippen LogP contribution in [0.25, 0.3) is 0 Å². The molecule has 0 bridgehead atoms. The van der Waals surface area contributed by atoms with Crippen molar-refractivity contribution in [1.82, 2.24) is 16.0 Å². The number of halogens is 1. The Bertz CT molecular complexity index is 925. The molecule has 1 amide bonds. The van der Waals surface area contributed by atoms with Crippen molar-refractivity contribution in [1.29, 1.82) is 0 Å². The molecule has 2 fully saturated rings. The molecule has 2 aliphatic rings. The summed E-state index contributed by atoms with van der Waals surface area (Å²) in [5.74, 6) is 0.722. The molecule has 1 aliphatic heterocycles. The summed E-state index contributed by atoms with van der Waals surface area (Å²) in [5.41, 5.74) is 3.30. The van der Waals surface area contributed by atoms with E-state index in [4.69, 9.17) is 4.74 Å². The van der Waals surface area contributed by atoms with Gasteiger partial charge in [0.15, 0.2) is 5.96 Å². The maximum Gasteiger partial charge on any atom is 0.251 e. The average molecular weight is 562 g/mol. The third kappa shape index (κ3) is 6.69. The second-order valence-corrected chi connectivity index (χ2v) is 8.82. The van der Waals surface area contributed by atoms with Gasteiger partial charge in [-0.05, 0) is 48.9 Å². The number of rotatable bonds is 8. The van der Waals surface area contributed by atoms with Crippen molar-refractivity contribution in [2.75, 3.05) is 26.7 Å². The Balaban J connectivity index is 0.00000306. The van der Waals surface area contributed by atoms with Crippen LogP contribution >= 0.6 is 24.0 Å². The van der Waals surface area contributed by atoms with Crippen molar-refractivity contribution in [3.05, 3.63) is 71.3 Å². The zero-order valence-electron chi connectivity index (χ0n) is 19.3. The molecule has 33 heavy (non-hydrogen) atoms. The number of carbonyl (C=O) groups excluding carboxylic acids is 1. The SMILES string of the molecule is CN=C(NCc1cccc(C(=O)NCC2CCCO2)c1)NCC1(c2ccccc2)CCC1.I. The number of hydrogen-bond acceptors (Lipinski definition) is 3. The molecule has 1 saturated heterocycles. The molecule has 1 aliphatic carbocycles. The van der Waals surface area contributed by atoms with Gasteiger partial charge in [0.1, 0.15) is 0 Å². The molecule has 1 unspecified atom stereocenters. The Hall–Kier alpha value is -2.13. The van der Waals surface area contributed by atoms with Crippen molar-refractivity contribution in [3.8, 4) is 0 Å². The summed E-state index contributed by atoms with van der Waals surface area (Å²) >= 11 is 0. The van der Waals surface area contributed by atoms with Crippen LogP contribution in [-0.4, -0.2) is 44.7 Å². The van der Waals surface area contributed by atoms with E-state index in [9.17, 15) is 4.79 Å². The minimum absolute atomic E-state index is 0. The number of ether oxygens (including phenoxy) is 1. The van der Waals surface area contributed by atoms with Crippen molar-refractivity contribution in [3.63, 3.8) is 0 Å². The van der Waals surface area contributed by atoms with Gasteiger partial charge in [0.05, 0.1) is 6.10 Å². The second-order valence-electron chi connectivity index (χ2n) is 8.82. The number of aliphatic imine (C=N–C) groups is 1. The van der Waals surface area contributed by atoms with E-state index < -0.39 is 0 Å². The Morgan fingerprint density at radius 2 is 1.88 bits per heavy atom. The average Bonchev–Trinajstić information content (AvgIpc) is 3.33. The van der Waals surface area contributed by atoms with Gasteiger partial charge in [-0.15, -0.1) is 24.0 Å². The molecule has 1 saturated carbocycles. The van der Waals surface area contributed by atoms with Crippen molar-refractivity contribution in [2.45, 2.75) is 50.2 Å². The van der Waals surface area contributed by atoms with Gasteiger partial charge in [-0.3, -0.25) is 9.79 Å². The van der Waals surface area contributed by atoms with Crippen LogP contribution in [0.4, 0.5) is 0 Å². The summed E-state index contributed by atoms with van der Waals surface area (Å²) in [6.07, 6.45) is 5.90. The first kappa shape index (κ1) is 25.5. The maximum absolute atomic E-state index is 12.5. The highest BCUT2D eigenvalue weighted by molar-refractivity contribution is 14.0. The molecule has 1 heterocycles. The zero-order valence-corrected chi connectivity index (χ0v) is 21.6. The van der Waals surface area contributed by atoms with E-state index >= 15 is 0 Å². The summed E-state index contributed by atoms with van der Waals surface area (Å²) in [7, 11) is 1.79. The highest BCUT2D eigenvalue weighted by Gasteiger charge is 2.38. The van der Waals surface area contributed by atoms with Gasteiger partial charge in [-0.25, -0.2) is 0 Å². The molecule has 1 atom stereocenters. The van der Waals surface area contributed by atoms with Gasteiger partial charge < -0.3 is 20.7 Å². The third-order valence-corrected chi connectivity index (χ3v) is 6.68. The molecule has 2 aromatic rings. The smallest absolute Gasteiger partial charge is 0.251 e. The molecule has 3 N–H and O–H groups in total. The monoisotopic (exact) mass is 562 g/mol. The largest absolute Gasteiger partial charge is 0.376 e. The lowest BCUT2D eigenvalue weighted by Crippen LogP contribution is -2.48. The molecule has 0 spiro atoms. The third-order valence-electron chi connectivity index (χ3n) is 6.68. The Morgan fingerprint density at radius 3 is 2.55 bits per heavy atom. The number of nitrogens with zero attached hydrogens (tertiary/aromatic N) is 1. The molecule has 4 rings (SSSR count). The predicted octanol–water partition coefficient (Wildman–Crippen LogP) is 4.00. The Kier molecular flexibility index (Phi) is 9.55. The molecule has 0 aromatic heterocycles. The summed E-state index contributed by atoms with van der Waals surface area (Å²) in [6.45, 7) is 2.83. The normalized spacial score (nSPS) is 19.2. The standard InChI is InChI=1S/C26H34N4O2.HI/c1-27-25(30-19-26(13-7-14-26)22-10-3-2-4-11-22)29-17-20-8-5-9-21(16-20)24(31)28-18-23-12-6-15-32-23;/h2-5,8-11,16,23H,6-7,12-15,17-19H2,1H3,(H,28,31)(H2,27,29,30);1H. The summed E-state index contributed by atoms with van der Waals surface area (Å²) in [4.78, 5) is 16.9. The fraction of sp³-hybridized carbons (Fsp3) is 0.462. The van der Waals surface area contributed by atoms with E-state index in [0.717, 1.165) is 37.5 Å². The summed E-state index contributed by atoms with van der Waals surface area (Å²) in [6, 6.07) is 18.5. The van der Waals surface area contributed by atoms with Gasteiger partial charge >= 0.3 is 0 Å². The van der Waals surface area contributed by atoms with E-state index in [2.05, 4.69) is 51.3 Å². The Morgan fingerprint density at radius 1 is 1.06 bits per heavy atom. The topological polar surface area (TPSA) is 74.8 Å². The molecule has 178 valence electrons. The Labute approximate surface area is 214 Å². The summed E-state index contributed by atoms with van der Waals surface area (Å²) in [5, 5.41) is 9.89. The fourth-order valence-corrected chi connectivity index (χ4v) is 4.56. The number of hydrogen-bond donors (Lipinski definition) is 3. The highest BCUT2D eigenvalue weighted by atomic mass is 127. The first-order chi connectivity index (χ1) is 15.7. The van der Waals surface area contributed by atoms with E-state index in [-0.39, 0.29) is 41.4 Å². The molecular weight excluding hydrogens is 527 g/mol. The van der Waals surface area contributed by atoms with E-state index in [1.165, 1.54) is 24.8 Å². The van der Waals surface area contributed by atoms with Crippen LogP contribution in [-0.2, 0) is 16.7 Å². The zero-order chi connectivity index (χ0) is 22.2. The second kappa shape index (κ2) is 12.4. The number of guanidine groups is 1. The molecule has 7 heteroatoms. The van der Waals surface area contributed by atoms with E-state index in [1.54, 1.807) is 7.05 Å². The lowest BCUT2D eigenvalue weighted by molar-refractivity contribution is 0.0857. The maximum atomic E-state index is 12.5. The molecule has 0 radical (unpaired) electrons. The minimum atomic E-state index is -0.0559. The van der Waals surface area contributed by atoms with Gasteiger partial charge in [0.2, 0.25) is 0 Å². The van der Waals surface area contributed by atoms with Crippen LogP contribution in [0.5, 0.6) is 0 Å². The van der Waals surface area contributed by atoms with Crippen LogP contribution in [0.15, 0.2) is 59.6 Å². The first-order valence-electron chi connectivity index (χ1n) is 11.7. The minimum Gasteiger partial charge on any atom is -0.376 e. The molecule has 2 aromatic carbocycles. The van der Waals surface area contributed by atoms with Crippen LogP contribution in [0, 0.1) is 0 Å². The van der Waals surface area contributed by atoms with Gasteiger partial charge in [-0.1, -0.05) is 48.9 Å². The number of carbonyl (C=O) groups is 1. The van der Waals surface area contributed by atoms with Crippen molar-refractivity contribution < 1.29 is 9.53 Å². The van der Waals surface area contributed by atoms with E-state index in [0.29, 0.717) is 18.7 Å². The first-order valence-corrected chi connectivity index (χ1v) is 11.7. The highest BCUT2D eigenvalue weighted by Crippen LogP contribution is 2.43. The van der Waals surface area contributed by atoms with Crippen LogP contribution < -0.4 is 16.0 Å². The number of benzene rings is 2. The fourth-order valence-electron chi connectivity index (χ4n) is 4.56. The molecule has 6 nitrogen and oxygen atoms in total. The lowest BCUT2D eigenvalue weighted by atomic mass is 9.64. The quantitative estimate of drug-likeness (QED) is 0.259. The lowest BCUT2D eigenvalue weighted by Gasteiger charge is -2.43.